The zero-order chi connectivity index (χ0) is 13.0. The number of sulfonamides is 1. The summed E-state index contributed by atoms with van der Waals surface area (Å²) >= 11 is 0. The maximum Gasteiger partial charge on any atom is 0.213 e. The van der Waals surface area contributed by atoms with Crippen LogP contribution in [0.15, 0.2) is 4.99 Å². The van der Waals surface area contributed by atoms with Crippen molar-refractivity contribution >= 4 is 16.0 Å². The molecule has 0 spiro atoms. The summed E-state index contributed by atoms with van der Waals surface area (Å²) in [5, 5.41) is 6.14. The standard InChI is InChI=1S/C11H22N4O2S/c1-9-7-13-11(15-9)12-5-6-18(16,17)14-8-10-3-2-4-10/h9-10,14H,2-8H2,1H3,(H2,12,13,15). The first kappa shape index (κ1) is 13.6. The lowest BCUT2D eigenvalue weighted by Gasteiger charge is -2.25. The van der Waals surface area contributed by atoms with Gasteiger partial charge in [-0.25, -0.2) is 13.1 Å². The van der Waals surface area contributed by atoms with Crippen molar-refractivity contribution < 1.29 is 8.42 Å². The molecule has 0 amide bonds. The number of rotatable bonds is 6. The number of guanidine groups is 1. The average molecular weight is 274 g/mol. The quantitative estimate of drug-likeness (QED) is 0.618. The van der Waals surface area contributed by atoms with Crippen LogP contribution in [0.3, 0.4) is 0 Å². The Kier molecular flexibility index (Phi) is 4.45. The van der Waals surface area contributed by atoms with Crippen molar-refractivity contribution in [2.45, 2.75) is 32.2 Å². The minimum atomic E-state index is -3.15. The van der Waals surface area contributed by atoms with E-state index in [1.807, 2.05) is 6.92 Å². The number of hydrogen-bond acceptors (Lipinski definition) is 5. The monoisotopic (exact) mass is 274 g/mol. The third-order valence-corrected chi connectivity index (χ3v) is 4.73. The second-order valence-electron chi connectivity index (χ2n) is 5.13. The van der Waals surface area contributed by atoms with Gasteiger partial charge in [-0.3, -0.25) is 4.99 Å². The summed E-state index contributed by atoms with van der Waals surface area (Å²) in [7, 11) is -3.15. The highest BCUT2D eigenvalue weighted by Crippen LogP contribution is 2.25. The van der Waals surface area contributed by atoms with Crippen LogP contribution in [0.1, 0.15) is 26.2 Å². The van der Waals surface area contributed by atoms with Crippen molar-refractivity contribution in [3.8, 4) is 0 Å². The summed E-state index contributed by atoms with van der Waals surface area (Å²) in [6, 6.07) is 0.334. The van der Waals surface area contributed by atoms with Gasteiger partial charge in [-0.1, -0.05) is 6.42 Å². The molecule has 1 fully saturated rings. The summed E-state index contributed by atoms with van der Waals surface area (Å²) in [5.74, 6) is 1.35. The molecular weight excluding hydrogens is 252 g/mol. The van der Waals surface area contributed by atoms with E-state index in [-0.39, 0.29) is 5.75 Å². The predicted molar refractivity (Wildman–Crippen MR) is 72.0 cm³/mol. The zero-order valence-corrected chi connectivity index (χ0v) is 11.6. The lowest BCUT2D eigenvalue weighted by atomic mass is 9.86. The molecule has 0 radical (unpaired) electrons. The van der Waals surface area contributed by atoms with E-state index in [1.54, 1.807) is 0 Å². The predicted octanol–water partition coefficient (Wildman–Crippen LogP) is -0.357. The Bertz CT molecular complexity index is 403. The summed E-state index contributed by atoms with van der Waals surface area (Å²) in [5.41, 5.74) is 0. The normalized spacial score (nSPS) is 24.3. The number of hydrogen-bond donors (Lipinski definition) is 3. The molecule has 2 rings (SSSR count). The van der Waals surface area contributed by atoms with Gasteiger partial charge in [-0.15, -0.1) is 0 Å². The van der Waals surface area contributed by atoms with Crippen molar-refractivity contribution in [2.75, 3.05) is 25.4 Å². The van der Waals surface area contributed by atoms with Gasteiger partial charge in [0.1, 0.15) is 0 Å². The summed E-state index contributed by atoms with van der Waals surface area (Å²) in [4.78, 5) is 4.21. The van der Waals surface area contributed by atoms with Crippen LogP contribution in [0.5, 0.6) is 0 Å². The Labute approximate surface area is 109 Å². The maximum absolute atomic E-state index is 11.7. The van der Waals surface area contributed by atoms with E-state index >= 15 is 0 Å². The van der Waals surface area contributed by atoms with Crippen LogP contribution < -0.4 is 15.4 Å². The largest absolute Gasteiger partial charge is 0.355 e. The minimum Gasteiger partial charge on any atom is -0.355 e. The fourth-order valence-electron chi connectivity index (χ4n) is 1.98. The molecule has 6 nitrogen and oxygen atoms in total. The van der Waals surface area contributed by atoms with Gasteiger partial charge in [0.05, 0.1) is 12.3 Å². The Hall–Kier alpha value is -0.820. The van der Waals surface area contributed by atoms with Gasteiger partial charge in [0, 0.05) is 19.1 Å². The van der Waals surface area contributed by atoms with E-state index in [9.17, 15) is 8.42 Å². The Morgan fingerprint density at radius 2 is 2.22 bits per heavy atom. The highest BCUT2D eigenvalue weighted by atomic mass is 32.2. The number of aliphatic imine (C=N–C) groups is 1. The van der Waals surface area contributed by atoms with E-state index in [4.69, 9.17) is 0 Å². The first-order chi connectivity index (χ1) is 8.55. The molecule has 1 atom stereocenters. The van der Waals surface area contributed by atoms with Gasteiger partial charge in [-0.2, -0.15) is 0 Å². The molecule has 3 N–H and O–H groups in total. The average Bonchev–Trinajstić information content (AvgIpc) is 2.61. The first-order valence-corrected chi connectivity index (χ1v) is 8.22. The van der Waals surface area contributed by atoms with Gasteiger partial charge < -0.3 is 10.6 Å². The van der Waals surface area contributed by atoms with Crippen molar-refractivity contribution in [3.63, 3.8) is 0 Å². The molecule has 1 saturated carbocycles. The minimum absolute atomic E-state index is 0.0921. The molecule has 0 aromatic heterocycles. The molecule has 104 valence electrons. The molecule has 1 heterocycles. The summed E-state index contributed by atoms with van der Waals surface area (Å²) < 4.78 is 26.1. The fourth-order valence-corrected chi connectivity index (χ4v) is 2.98. The molecule has 2 aliphatic rings. The second-order valence-corrected chi connectivity index (χ2v) is 7.05. The molecule has 18 heavy (non-hydrogen) atoms. The third kappa shape index (κ3) is 4.13. The SMILES string of the molecule is CC1CN=C(NCCS(=O)(=O)NCC2CCC2)N1. The van der Waals surface area contributed by atoms with Crippen LogP contribution in [0.4, 0.5) is 0 Å². The molecule has 0 saturated heterocycles. The molecule has 1 aliphatic heterocycles. The molecule has 1 aliphatic carbocycles. The summed E-state index contributed by atoms with van der Waals surface area (Å²) in [6.45, 7) is 3.77. The van der Waals surface area contributed by atoms with E-state index in [0.29, 0.717) is 31.0 Å². The van der Waals surface area contributed by atoms with Crippen LogP contribution in [-0.2, 0) is 10.0 Å². The second kappa shape index (κ2) is 5.88. The molecule has 1 unspecified atom stereocenters. The fraction of sp³-hybridized carbons (Fsp3) is 0.909. The van der Waals surface area contributed by atoms with Crippen molar-refractivity contribution in [3.05, 3.63) is 0 Å². The highest BCUT2D eigenvalue weighted by molar-refractivity contribution is 7.89. The van der Waals surface area contributed by atoms with Gasteiger partial charge in [-0.05, 0) is 25.7 Å². The van der Waals surface area contributed by atoms with Crippen LogP contribution in [-0.4, -0.2) is 45.8 Å². The Balaban J connectivity index is 1.62. The van der Waals surface area contributed by atoms with Crippen LogP contribution in [0, 0.1) is 5.92 Å². The maximum atomic E-state index is 11.7. The van der Waals surface area contributed by atoms with Crippen molar-refractivity contribution in [2.24, 2.45) is 10.9 Å². The first-order valence-electron chi connectivity index (χ1n) is 6.57. The lowest BCUT2D eigenvalue weighted by molar-refractivity contribution is 0.316. The van der Waals surface area contributed by atoms with Crippen molar-refractivity contribution in [1.82, 2.24) is 15.4 Å². The number of nitrogens with one attached hydrogen (secondary N) is 3. The molecular formula is C11H22N4O2S. The van der Waals surface area contributed by atoms with E-state index in [1.165, 1.54) is 6.42 Å². The van der Waals surface area contributed by atoms with Crippen molar-refractivity contribution in [1.29, 1.82) is 0 Å². The van der Waals surface area contributed by atoms with Gasteiger partial charge >= 0.3 is 0 Å². The lowest BCUT2D eigenvalue weighted by Crippen LogP contribution is -2.41. The van der Waals surface area contributed by atoms with E-state index in [2.05, 4.69) is 20.3 Å². The summed E-state index contributed by atoms with van der Waals surface area (Å²) in [6.07, 6.45) is 3.54. The van der Waals surface area contributed by atoms with E-state index in [0.717, 1.165) is 19.4 Å². The van der Waals surface area contributed by atoms with Gasteiger partial charge in [0.15, 0.2) is 5.96 Å². The van der Waals surface area contributed by atoms with Gasteiger partial charge in [0.2, 0.25) is 10.0 Å². The topological polar surface area (TPSA) is 82.6 Å². The Morgan fingerprint density at radius 1 is 1.44 bits per heavy atom. The molecule has 0 aromatic rings. The third-order valence-electron chi connectivity index (χ3n) is 3.39. The molecule has 0 bridgehead atoms. The molecule has 0 aromatic carbocycles. The van der Waals surface area contributed by atoms with E-state index < -0.39 is 10.0 Å². The highest BCUT2D eigenvalue weighted by Gasteiger charge is 2.20. The smallest absolute Gasteiger partial charge is 0.213 e. The zero-order valence-electron chi connectivity index (χ0n) is 10.8. The van der Waals surface area contributed by atoms with Crippen LogP contribution >= 0.6 is 0 Å². The Morgan fingerprint density at radius 3 is 2.78 bits per heavy atom. The number of nitrogens with zero attached hydrogens (tertiary/aromatic N) is 1. The van der Waals surface area contributed by atoms with Crippen LogP contribution in [0.25, 0.3) is 0 Å². The van der Waals surface area contributed by atoms with Crippen LogP contribution in [0.2, 0.25) is 0 Å². The molecule has 7 heteroatoms. The van der Waals surface area contributed by atoms with Gasteiger partial charge in [0.25, 0.3) is 0 Å².